The highest BCUT2D eigenvalue weighted by atomic mass is 16.1. The maximum absolute atomic E-state index is 12.9. The fourth-order valence-electron chi connectivity index (χ4n) is 3.50. The molecule has 26 heavy (non-hydrogen) atoms. The second kappa shape index (κ2) is 6.78. The summed E-state index contributed by atoms with van der Waals surface area (Å²) in [6.07, 6.45) is 6.36. The second-order valence-corrected chi connectivity index (χ2v) is 7.15. The number of carbonyl (C=O) groups excluding carboxylic acids is 1. The zero-order valence-electron chi connectivity index (χ0n) is 15.1. The van der Waals surface area contributed by atoms with Crippen molar-refractivity contribution in [2.75, 3.05) is 0 Å². The topological polar surface area (TPSA) is 75.6 Å². The standard InChI is InChI=1S/C20H23N5O/c1-13(2)19-17(12-25(24-19)16-6-4-3-5-7-16)20(26)22-15-8-9-18-14(10-15)11-21-23-18/h3-7,11-13,15H,8-10H2,1-2H3,(H,21,23)(H,22,26). The summed E-state index contributed by atoms with van der Waals surface area (Å²) in [5.41, 5.74) is 4.82. The summed E-state index contributed by atoms with van der Waals surface area (Å²) in [7, 11) is 0. The van der Waals surface area contributed by atoms with Gasteiger partial charge >= 0.3 is 0 Å². The lowest BCUT2D eigenvalue weighted by molar-refractivity contribution is 0.0932. The monoisotopic (exact) mass is 349 g/mol. The van der Waals surface area contributed by atoms with Gasteiger partial charge in [-0.05, 0) is 42.9 Å². The number of fused-ring (bicyclic) bond motifs is 1. The smallest absolute Gasteiger partial charge is 0.255 e. The van der Waals surface area contributed by atoms with Crippen LogP contribution in [0, 0.1) is 0 Å². The third-order valence-electron chi connectivity index (χ3n) is 4.91. The number of nitrogens with zero attached hydrogens (tertiary/aromatic N) is 3. The molecule has 6 heteroatoms. The van der Waals surface area contributed by atoms with Crippen molar-refractivity contribution in [1.82, 2.24) is 25.3 Å². The van der Waals surface area contributed by atoms with E-state index in [9.17, 15) is 4.79 Å². The summed E-state index contributed by atoms with van der Waals surface area (Å²) in [5, 5.41) is 15.0. The number of nitrogens with one attached hydrogen (secondary N) is 2. The lowest BCUT2D eigenvalue weighted by Crippen LogP contribution is -2.39. The molecule has 1 aliphatic rings. The van der Waals surface area contributed by atoms with Crippen LogP contribution in [0.2, 0.25) is 0 Å². The third kappa shape index (κ3) is 3.14. The van der Waals surface area contributed by atoms with E-state index in [0.717, 1.165) is 30.6 Å². The van der Waals surface area contributed by atoms with Gasteiger partial charge in [0.05, 0.1) is 23.1 Å². The number of H-pyrrole nitrogens is 1. The molecule has 0 saturated heterocycles. The number of aromatic amines is 1. The fourth-order valence-corrected chi connectivity index (χ4v) is 3.50. The number of rotatable bonds is 4. The molecule has 1 atom stereocenters. The molecule has 0 fully saturated rings. The molecule has 2 heterocycles. The Kier molecular flexibility index (Phi) is 4.32. The Labute approximate surface area is 152 Å². The number of hydrogen-bond donors (Lipinski definition) is 2. The first-order chi connectivity index (χ1) is 12.6. The molecule has 1 unspecified atom stereocenters. The molecule has 1 aliphatic carbocycles. The molecule has 0 saturated carbocycles. The summed E-state index contributed by atoms with van der Waals surface area (Å²) < 4.78 is 1.79. The lowest BCUT2D eigenvalue weighted by Gasteiger charge is -2.22. The first kappa shape index (κ1) is 16.6. The second-order valence-electron chi connectivity index (χ2n) is 7.15. The molecule has 1 aromatic carbocycles. The van der Waals surface area contributed by atoms with E-state index in [-0.39, 0.29) is 17.9 Å². The van der Waals surface area contributed by atoms with Crippen LogP contribution in [-0.2, 0) is 12.8 Å². The van der Waals surface area contributed by atoms with E-state index >= 15 is 0 Å². The first-order valence-corrected chi connectivity index (χ1v) is 9.09. The minimum absolute atomic E-state index is 0.0483. The highest BCUT2D eigenvalue weighted by Crippen LogP contribution is 2.22. The van der Waals surface area contributed by atoms with Gasteiger partial charge in [-0.15, -0.1) is 0 Å². The van der Waals surface area contributed by atoms with Crippen molar-refractivity contribution in [3.63, 3.8) is 0 Å². The Balaban J connectivity index is 1.56. The average molecular weight is 349 g/mol. The summed E-state index contributed by atoms with van der Waals surface area (Å²) in [6, 6.07) is 10.0. The number of para-hydroxylation sites is 1. The average Bonchev–Trinajstić information content (AvgIpc) is 3.29. The quantitative estimate of drug-likeness (QED) is 0.760. The predicted molar refractivity (Wildman–Crippen MR) is 99.5 cm³/mol. The van der Waals surface area contributed by atoms with Gasteiger partial charge in [-0.25, -0.2) is 4.68 Å². The normalized spacial score (nSPS) is 16.5. The molecular weight excluding hydrogens is 326 g/mol. The molecular formula is C20H23N5O. The number of amides is 1. The third-order valence-corrected chi connectivity index (χ3v) is 4.91. The molecule has 134 valence electrons. The maximum Gasteiger partial charge on any atom is 0.255 e. The van der Waals surface area contributed by atoms with Crippen LogP contribution >= 0.6 is 0 Å². The van der Waals surface area contributed by atoms with Gasteiger partial charge in [0.2, 0.25) is 0 Å². The first-order valence-electron chi connectivity index (χ1n) is 9.09. The van der Waals surface area contributed by atoms with Gasteiger partial charge in [-0.3, -0.25) is 9.89 Å². The zero-order valence-corrected chi connectivity index (χ0v) is 15.1. The highest BCUT2D eigenvalue weighted by molar-refractivity contribution is 5.95. The summed E-state index contributed by atoms with van der Waals surface area (Å²) in [5.74, 6) is 0.125. The predicted octanol–water partition coefficient (Wildman–Crippen LogP) is 3.01. The van der Waals surface area contributed by atoms with Crippen molar-refractivity contribution in [3.05, 3.63) is 65.2 Å². The number of hydrogen-bond acceptors (Lipinski definition) is 3. The van der Waals surface area contributed by atoms with Crippen molar-refractivity contribution in [2.45, 2.75) is 45.1 Å². The fraction of sp³-hybridized carbons (Fsp3) is 0.350. The van der Waals surface area contributed by atoms with E-state index in [0.29, 0.717) is 5.56 Å². The van der Waals surface area contributed by atoms with Crippen molar-refractivity contribution in [1.29, 1.82) is 0 Å². The van der Waals surface area contributed by atoms with Crippen molar-refractivity contribution >= 4 is 5.91 Å². The molecule has 0 radical (unpaired) electrons. The van der Waals surface area contributed by atoms with E-state index in [2.05, 4.69) is 34.5 Å². The van der Waals surface area contributed by atoms with Crippen molar-refractivity contribution in [2.24, 2.45) is 0 Å². The van der Waals surface area contributed by atoms with Gasteiger partial charge in [0.25, 0.3) is 5.91 Å². The lowest BCUT2D eigenvalue weighted by atomic mass is 9.93. The number of benzene rings is 1. The number of carbonyl (C=O) groups is 1. The Morgan fingerprint density at radius 2 is 2.12 bits per heavy atom. The minimum atomic E-state index is -0.0483. The molecule has 2 aromatic heterocycles. The Morgan fingerprint density at radius 3 is 2.88 bits per heavy atom. The van der Waals surface area contributed by atoms with Crippen LogP contribution < -0.4 is 5.32 Å². The van der Waals surface area contributed by atoms with E-state index < -0.39 is 0 Å². The van der Waals surface area contributed by atoms with Crippen LogP contribution in [0.4, 0.5) is 0 Å². The number of aromatic nitrogens is 4. The van der Waals surface area contributed by atoms with Crippen LogP contribution in [0.1, 0.15) is 53.5 Å². The van der Waals surface area contributed by atoms with Crippen LogP contribution in [0.25, 0.3) is 5.69 Å². The number of aryl methyl sites for hydroxylation is 1. The van der Waals surface area contributed by atoms with Gasteiger partial charge in [-0.2, -0.15) is 10.2 Å². The van der Waals surface area contributed by atoms with Gasteiger partial charge in [0.1, 0.15) is 0 Å². The molecule has 0 aliphatic heterocycles. The zero-order chi connectivity index (χ0) is 18.1. The molecule has 3 aromatic rings. The maximum atomic E-state index is 12.9. The van der Waals surface area contributed by atoms with Crippen LogP contribution in [-0.4, -0.2) is 31.9 Å². The van der Waals surface area contributed by atoms with E-state index in [1.54, 1.807) is 4.68 Å². The Morgan fingerprint density at radius 1 is 1.31 bits per heavy atom. The molecule has 6 nitrogen and oxygen atoms in total. The highest BCUT2D eigenvalue weighted by Gasteiger charge is 2.25. The van der Waals surface area contributed by atoms with Crippen LogP contribution in [0.15, 0.2) is 42.7 Å². The molecule has 2 N–H and O–H groups in total. The SMILES string of the molecule is CC(C)c1nn(-c2ccccc2)cc1C(=O)NC1CCc2[nH]ncc2C1. The molecule has 0 spiro atoms. The molecule has 1 amide bonds. The molecule has 4 rings (SSSR count). The van der Waals surface area contributed by atoms with Crippen LogP contribution in [0.3, 0.4) is 0 Å². The summed E-state index contributed by atoms with van der Waals surface area (Å²) in [6.45, 7) is 4.12. The Hall–Kier alpha value is -2.89. The molecule has 0 bridgehead atoms. The largest absolute Gasteiger partial charge is 0.349 e. The van der Waals surface area contributed by atoms with Crippen molar-refractivity contribution in [3.8, 4) is 5.69 Å². The van der Waals surface area contributed by atoms with Crippen LogP contribution in [0.5, 0.6) is 0 Å². The van der Waals surface area contributed by atoms with Gasteiger partial charge in [-0.1, -0.05) is 32.0 Å². The minimum Gasteiger partial charge on any atom is -0.349 e. The summed E-state index contributed by atoms with van der Waals surface area (Å²) >= 11 is 0. The Bertz CT molecular complexity index is 909. The van der Waals surface area contributed by atoms with Gasteiger partial charge in [0, 0.05) is 17.9 Å². The van der Waals surface area contributed by atoms with Crippen molar-refractivity contribution < 1.29 is 4.79 Å². The van der Waals surface area contributed by atoms with Gasteiger partial charge in [0.15, 0.2) is 0 Å². The summed E-state index contributed by atoms with van der Waals surface area (Å²) in [4.78, 5) is 12.9. The van der Waals surface area contributed by atoms with E-state index in [4.69, 9.17) is 0 Å². The van der Waals surface area contributed by atoms with Gasteiger partial charge < -0.3 is 5.32 Å². The van der Waals surface area contributed by atoms with E-state index in [1.807, 2.05) is 42.7 Å². The van der Waals surface area contributed by atoms with E-state index in [1.165, 1.54) is 11.3 Å².